The van der Waals surface area contributed by atoms with Crippen molar-refractivity contribution in [3.63, 3.8) is 0 Å². The zero-order chi connectivity index (χ0) is 25.5. The highest BCUT2D eigenvalue weighted by Gasteiger charge is 2.19. The summed E-state index contributed by atoms with van der Waals surface area (Å²) in [6.07, 6.45) is 4.91. The van der Waals surface area contributed by atoms with Gasteiger partial charge in [-0.1, -0.05) is 23.7 Å². The van der Waals surface area contributed by atoms with E-state index in [4.69, 9.17) is 16.3 Å². The zero-order valence-corrected chi connectivity index (χ0v) is 21.2. The molecule has 1 fully saturated rings. The van der Waals surface area contributed by atoms with Crippen LogP contribution in [-0.4, -0.2) is 69.2 Å². The molecule has 3 aromatic heterocycles. The van der Waals surface area contributed by atoms with Crippen LogP contribution in [0.25, 0.3) is 22.5 Å². The van der Waals surface area contributed by atoms with Crippen LogP contribution >= 0.6 is 11.6 Å². The highest BCUT2D eigenvalue weighted by atomic mass is 35.5. The number of halogens is 1. The summed E-state index contributed by atoms with van der Waals surface area (Å²) in [5.74, 6) is 1.54. The second-order valence-corrected chi connectivity index (χ2v) is 9.33. The average Bonchev–Trinajstić information content (AvgIpc) is 3.40. The Kier molecular flexibility index (Phi) is 5.90. The summed E-state index contributed by atoms with van der Waals surface area (Å²) in [4.78, 5) is 31.6. The fraction of sp³-hybridized carbons (Fsp3) is 0.231. The SMILES string of the molecule is COc1cc(Nc2ncc3c(=O)n(-c4ccccc4Cl)c4nccn4c3n2)ccc1N1CCN(C)CC1. The van der Waals surface area contributed by atoms with Crippen LogP contribution in [0.4, 0.5) is 17.3 Å². The third kappa shape index (κ3) is 4.13. The van der Waals surface area contributed by atoms with E-state index < -0.39 is 0 Å². The molecule has 188 valence electrons. The number of hydrogen-bond donors (Lipinski definition) is 1. The van der Waals surface area contributed by atoms with Crippen molar-refractivity contribution >= 4 is 45.7 Å². The van der Waals surface area contributed by atoms with E-state index in [-0.39, 0.29) is 5.56 Å². The minimum Gasteiger partial charge on any atom is -0.495 e. The molecule has 1 aliphatic rings. The van der Waals surface area contributed by atoms with Crippen molar-refractivity contribution < 1.29 is 4.74 Å². The zero-order valence-electron chi connectivity index (χ0n) is 20.4. The van der Waals surface area contributed by atoms with Gasteiger partial charge in [-0.05, 0) is 31.3 Å². The maximum atomic E-state index is 13.5. The number of anilines is 3. The lowest BCUT2D eigenvalue weighted by molar-refractivity contribution is 0.311. The smallest absolute Gasteiger partial charge is 0.270 e. The van der Waals surface area contributed by atoms with Gasteiger partial charge in [-0.15, -0.1) is 0 Å². The van der Waals surface area contributed by atoms with Gasteiger partial charge in [0.15, 0.2) is 5.65 Å². The highest BCUT2D eigenvalue weighted by molar-refractivity contribution is 6.32. The lowest BCUT2D eigenvalue weighted by Gasteiger charge is -2.34. The Morgan fingerprint density at radius 3 is 2.62 bits per heavy atom. The molecular formula is C26H25ClN8O2. The van der Waals surface area contributed by atoms with Crippen LogP contribution < -0.4 is 20.5 Å². The van der Waals surface area contributed by atoms with Gasteiger partial charge in [0, 0.05) is 56.5 Å². The van der Waals surface area contributed by atoms with Gasteiger partial charge >= 0.3 is 0 Å². The van der Waals surface area contributed by atoms with Crippen molar-refractivity contribution in [2.75, 3.05) is 50.6 Å². The van der Waals surface area contributed by atoms with E-state index in [0.29, 0.717) is 33.5 Å². The topological polar surface area (TPSA) is 92.8 Å². The first-order chi connectivity index (χ1) is 18.0. The van der Waals surface area contributed by atoms with Crippen LogP contribution in [0.5, 0.6) is 5.75 Å². The molecule has 0 radical (unpaired) electrons. The molecule has 11 heteroatoms. The van der Waals surface area contributed by atoms with Crippen molar-refractivity contribution in [1.29, 1.82) is 0 Å². The Morgan fingerprint density at radius 1 is 1.03 bits per heavy atom. The van der Waals surface area contributed by atoms with E-state index in [1.165, 1.54) is 10.8 Å². The minimum absolute atomic E-state index is 0.299. The predicted octanol–water partition coefficient (Wildman–Crippen LogP) is 3.59. The van der Waals surface area contributed by atoms with E-state index in [0.717, 1.165) is 43.3 Å². The molecule has 0 unspecified atom stereocenters. The number of nitrogens with zero attached hydrogens (tertiary/aromatic N) is 7. The Balaban J connectivity index is 1.38. The fourth-order valence-corrected chi connectivity index (χ4v) is 4.87. The van der Waals surface area contributed by atoms with Crippen LogP contribution in [0.2, 0.25) is 5.02 Å². The number of rotatable bonds is 5. The molecule has 5 aromatic rings. The van der Waals surface area contributed by atoms with E-state index in [1.54, 1.807) is 36.0 Å². The third-order valence-corrected chi connectivity index (χ3v) is 6.94. The van der Waals surface area contributed by atoms with Crippen LogP contribution in [0.15, 0.2) is 65.8 Å². The first-order valence-electron chi connectivity index (χ1n) is 11.9. The summed E-state index contributed by atoms with van der Waals surface area (Å²) in [5.41, 5.74) is 2.52. The number of fused-ring (bicyclic) bond motifs is 3. The second-order valence-electron chi connectivity index (χ2n) is 8.92. The molecule has 0 atom stereocenters. The third-order valence-electron chi connectivity index (χ3n) is 6.62. The number of methoxy groups -OCH3 is 1. The molecule has 1 saturated heterocycles. The number of benzene rings is 2. The van der Waals surface area contributed by atoms with Crippen molar-refractivity contribution in [3.8, 4) is 11.4 Å². The Hall–Kier alpha value is -4.15. The normalized spacial score (nSPS) is 14.4. The lowest BCUT2D eigenvalue weighted by Crippen LogP contribution is -2.44. The molecule has 0 saturated carbocycles. The quantitative estimate of drug-likeness (QED) is 0.379. The van der Waals surface area contributed by atoms with Gasteiger partial charge in [0.05, 0.1) is 23.5 Å². The Labute approximate surface area is 217 Å². The number of hydrogen-bond acceptors (Lipinski definition) is 8. The lowest BCUT2D eigenvalue weighted by atomic mass is 10.2. The standard InChI is InChI=1S/C26H25ClN8O2/c1-32-11-13-33(14-12-32)21-8-7-17(15-22(21)37-2)30-25-29-16-18-23(31-25)34-10-9-28-26(34)35(24(18)36)20-6-4-3-5-19(20)27/h3-10,15-16H,11-14H2,1-2H3,(H,29,30,31). The number of para-hydroxylation sites is 1. The summed E-state index contributed by atoms with van der Waals surface area (Å²) in [6, 6.07) is 13.1. The van der Waals surface area contributed by atoms with E-state index in [1.807, 2.05) is 30.3 Å². The van der Waals surface area contributed by atoms with Gasteiger partial charge in [0.2, 0.25) is 11.7 Å². The predicted molar refractivity (Wildman–Crippen MR) is 145 cm³/mol. The molecule has 0 spiro atoms. The van der Waals surface area contributed by atoms with E-state index in [2.05, 4.69) is 37.1 Å². The molecule has 6 rings (SSSR count). The van der Waals surface area contributed by atoms with Crippen LogP contribution in [0.1, 0.15) is 0 Å². The fourth-order valence-electron chi connectivity index (χ4n) is 4.65. The van der Waals surface area contributed by atoms with Crippen molar-refractivity contribution in [1.82, 2.24) is 28.8 Å². The monoisotopic (exact) mass is 516 g/mol. The molecule has 2 aromatic carbocycles. The number of nitrogens with one attached hydrogen (secondary N) is 1. The largest absolute Gasteiger partial charge is 0.495 e. The Morgan fingerprint density at radius 2 is 1.84 bits per heavy atom. The Bertz CT molecular complexity index is 1670. The van der Waals surface area contributed by atoms with E-state index in [9.17, 15) is 4.79 Å². The molecule has 0 bridgehead atoms. The molecule has 0 amide bonds. The van der Waals surface area contributed by atoms with Gasteiger partial charge in [0.25, 0.3) is 5.56 Å². The van der Waals surface area contributed by atoms with E-state index >= 15 is 0 Å². The summed E-state index contributed by atoms with van der Waals surface area (Å²) in [5, 5.41) is 4.04. The first-order valence-corrected chi connectivity index (χ1v) is 12.3. The maximum absolute atomic E-state index is 13.5. The molecule has 1 aliphatic heterocycles. The highest BCUT2D eigenvalue weighted by Crippen LogP contribution is 2.33. The average molecular weight is 517 g/mol. The van der Waals surface area contributed by atoms with Crippen molar-refractivity contribution in [3.05, 3.63) is 76.4 Å². The summed E-state index contributed by atoms with van der Waals surface area (Å²) in [7, 11) is 3.81. The number of ether oxygens (including phenoxy) is 1. The van der Waals surface area contributed by atoms with Gasteiger partial charge in [-0.25, -0.2) is 14.5 Å². The van der Waals surface area contributed by atoms with Gasteiger partial charge in [-0.2, -0.15) is 4.98 Å². The second kappa shape index (κ2) is 9.38. The van der Waals surface area contributed by atoms with Gasteiger partial charge in [0.1, 0.15) is 11.1 Å². The molecule has 37 heavy (non-hydrogen) atoms. The molecule has 10 nitrogen and oxygen atoms in total. The van der Waals surface area contributed by atoms with Crippen LogP contribution in [0, 0.1) is 0 Å². The first kappa shape index (κ1) is 23.3. The van der Waals surface area contributed by atoms with Gasteiger partial charge < -0.3 is 19.9 Å². The number of imidazole rings is 1. The summed E-state index contributed by atoms with van der Waals surface area (Å²) in [6.45, 7) is 3.91. The summed E-state index contributed by atoms with van der Waals surface area (Å²) >= 11 is 6.40. The molecule has 1 N–H and O–H groups in total. The number of piperazine rings is 1. The van der Waals surface area contributed by atoms with Gasteiger partial charge in [-0.3, -0.25) is 9.20 Å². The van der Waals surface area contributed by atoms with Crippen molar-refractivity contribution in [2.24, 2.45) is 0 Å². The molecular weight excluding hydrogens is 492 g/mol. The van der Waals surface area contributed by atoms with Crippen LogP contribution in [0.3, 0.4) is 0 Å². The summed E-state index contributed by atoms with van der Waals surface area (Å²) < 4.78 is 8.93. The van der Waals surface area contributed by atoms with Crippen molar-refractivity contribution in [2.45, 2.75) is 0 Å². The number of likely N-dealkylation sites (N-methyl/N-ethyl adjacent to an activating group) is 1. The number of aromatic nitrogens is 5. The minimum atomic E-state index is -0.299. The maximum Gasteiger partial charge on any atom is 0.270 e. The molecule has 0 aliphatic carbocycles. The van der Waals surface area contributed by atoms with Crippen LogP contribution in [-0.2, 0) is 0 Å². The molecule has 4 heterocycles.